The summed E-state index contributed by atoms with van der Waals surface area (Å²) in [6, 6.07) is 0. The van der Waals surface area contributed by atoms with Gasteiger partial charge in [-0.15, -0.1) is 0 Å². The Morgan fingerprint density at radius 3 is 1.37 bits per heavy atom. The Labute approximate surface area is 288 Å². The molecule has 3 heteroatoms. The highest BCUT2D eigenvalue weighted by atomic mass is 16.6. The van der Waals surface area contributed by atoms with Gasteiger partial charge in [-0.05, 0) is 103 Å². The largest absolute Gasteiger partial charge is 0.365 e. The van der Waals surface area contributed by atoms with Crippen molar-refractivity contribution < 1.29 is 9.84 Å². The maximum absolute atomic E-state index is 11.6. The van der Waals surface area contributed by atoms with Gasteiger partial charge in [0.25, 0.3) is 0 Å². The second-order valence-electron chi connectivity index (χ2n) is 14.3. The summed E-state index contributed by atoms with van der Waals surface area (Å²) < 4.78 is 6.49. The third kappa shape index (κ3) is 27.9. The highest BCUT2D eigenvalue weighted by molar-refractivity contribution is 4.93. The fraction of sp³-hybridized carbons (Fsp3) is 0.814. The Kier molecular flexibility index (Phi) is 30.2. The second kappa shape index (κ2) is 32.4. The Balaban J connectivity index is 2.17. The number of aliphatic hydroxyl groups is 1. The van der Waals surface area contributed by atoms with Gasteiger partial charge in [0.1, 0.15) is 0 Å². The molecule has 1 rings (SSSR count). The molecular formula is C43H79NO2. The lowest BCUT2D eigenvalue weighted by Crippen LogP contribution is -2.44. The van der Waals surface area contributed by atoms with Gasteiger partial charge >= 0.3 is 0 Å². The minimum Gasteiger partial charge on any atom is -0.365 e. The Bertz CT molecular complexity index is 706. The number of unbranched alkanes of at least 4 members (excludes halogenated alkanes) is 18. The van der Waals surface area contributed by atoms with E-state index in [1.165, 1.54) is 135 Å². The summed E-state index contributed by atoms with van der Waals surface area (Å²) in [4.78, 5) is 2.36. The molecule has 0 saturated carbocycles. The van der Waals surface area contributed by atoms with Crippen molar-refractivity contribution in [2.45, 2.75) is 206 Å². The molecule has 0 radical (unpaired) electrons. The molecule has 0 amide bonds. The van der Waals surface area contributed by atoms with Crippen molar-refractivity contribution >= 4 is 0 Å². The molecule has 1 heterocycles. The molecular weight excluding hydrogens is 562 g/mol. The zero-order valence-electron chi connectivity index (χ0n) is 31.2. The van der Waals surface area contributed by atoms with Crippen LogP contribution < -0.4 is 0 Å². The molecule has 3 nitrogen and oxygen atoms in total. The number of piperidine rings is 1. The maximum atomic E-state index is 11.6. The Hall–Kier alpha value is -1.16. The summed E-state index contributed by atoms with van der Waals surface area (Å²) in [5.41, 5.74) is 0. The van der Waals surface area contributed by atoms with Gasteiger partial charge in [0.15, 0.2) is 5.79 Å². The fourth-order valence-electron chi connectivity index (χ4n) is 6.55. The topological polar surface area (TPSA) is 32.7 Å². The van der Waals surface area contributed by atoms with Crippen LogP contribution in [-0.2, 0) is 4.74 Å². The standard InChI is InChI=1S/C43H79NO2/c1-4-6-8-10-12-14-16-18-20-22-24-26-28-30-32-34-38-43(45,46-42-37-36-40-44(3)41-42)39-35-33-31-29-27-25-23-21-19-17-15-13-11-9-7-5-2/h12-15,18-21,42,45H,4-11,16-17,22-41H2,1-3H3/b14-12-,15-13-,20-18-,21-19-/t42-/m0/s1. The first kappa shape index (κ1) is 42.9. The van der Waals surface area contributed by atoms with Gasteiger partial charge in [-0.3, -0.25) is 0 Å². The molecule has 1 N–H and O–H groups in total. The predicted molar refractivity (Wildman–Crippen MR) is 205 cm³/mol. The van der Waals surface area contributed by atoms with Crippen molar-refractivity contribution in [2.75, 3.05) is 20.1 Å². The van der Waals surface area contributed by atoms with Gasteiger partial charge < -0.3 is 14.7 Å². The number of ether oxygens (including phenoxy) is 1. The smallest absolute Gasteiger partial charge is 0.165 e. The van der Waals surface area contributed by atoms with Gasteiger partial charge in [0.05, 0.1) is 6.10 Å². The molecule has 0 spiro atoms. The summed E-state index contributed by atoms with van der Waals surface area (Å²) in [7, 11) is 2.18. The van der Waals surface area contributed by atoms with Crippen LogP contribution in [0.15, 0.2) is 48.6 Å². The van der Waals surface area contributed by atoms with Crippen molar-refractivity contribution in [3.63, 3.8) is 0 Å². The first-order valence-electron chi connectivity index (χ1n) is 20.3. The normalized spacial score (nSPS) is 16.7. The van der Waals surface area contributed by atoms with Gasteiger partial charge in [0, 0.05) is 19.4 Å². The van der Waals surface area contributed by atoms with Crippen LogP contribution in [-0.4, -0.2) is 42.0 Å². The summed E-state index contributed by atoms with van der Waals surface area (Å²) in [6.07, 6.45) is 52.8. The highest BCUT2D eigenvalue weighted by Crippen LogP contribution is 2.28. The van der Waals surface area contributed by atoms with Gasteiger partial charge in [-0.25, -0.2) is 0 Å². The maximum Gasteiger partial charge on any atom is 0.165 e. The SMILES string of the molecule is CCCCC/C=C\C/C=C\CCCCCCCCC(O)(CCCCCCCC/C=C\C/C=C\CCCCC)O[C@H]1CCCN(C)C1. The molecule has 1 saturated heterocycles. The third-order valence-electron chi connectivity index (χ3n) is 9.50. The fourth-order valence-corrected chi connectivity index (χ4v) is 6.55. The quantitative estimate of drug-likeness (QED) is 0.0451. The van der Waals surface area contributed by atoms with E-state index in [-0.39, 0.29) is 6.10 Å². The van der Waals surface area contributed by atoms with Crippen LogP contribution in [0.2, 0.25) is 0 Å². The summed E-state index contributed by atoms with van der Waals surface area (Å²) in [5, 5.41) is 11.6. The van der Waals surface area contributed by atoms with Crippen LogP contribution in [0, 0.1) is 0 Å². The number of nitrogens with zero attached hydrogens (tertiary/aromatic N) is 1. The van der Waals surface area contributed by atoms with E-state index in [2.05, 4.69) is 74.4 Å². The predicted octanol–water partition coefficient (Wildman–Crippen LogP) is 13.2. The van der Waals surface area contributed by atoms with E-state index >= 15 is 0 Å². The number of hydrogen-bond acceptors (Lipinski definition) is 3. The van der Waals surface area contributed by atoms with E-state index in [1.807, 2.05) is 0 Å². The summed E-state index contributed by atoms with van der Waals surface area (Å²) in [5.74, 6) is -0.937. The van der Waals surface area contributed by atoms with Crippen molar-refractivity contribution in [1.29, 1.82) is 0 Å². The minimum absolute atomic E-state index is 0.179. The van der Waals surface area contributed by atoms with Crippen LogP contribution >= 0.6 is 0 Å². The number of likely N-dealkylation sites (N-methyl/N-ethyl adjacent to an activating group) is 1. The van der Waals surface area contributed by atoms with Crippen molar-refractivity contribution in [1.82, 2.24) is 4.90 Å². The lowest BCUT2D eigenvalue weighted by atomic mass is 9.98. The molecule has 0 aromatic carbocycles. The van der Waals surface area contributed by atoms with Crippen molar-refractivity contribution in [3.05, 3.63) is 48.6 Å². The molecule has 1 aliphatic heterocycles. The van der Waals surface area contributed by atoms with E-state index in [1.54, 1.807) is 0 Å². The number of likely N-dealkylation sites (tertiary alicyclic amines) is 1. The van der Waals surface area contributed by atoms with Crippen molar-refractivity contribution in [3.8, 4) is 0 Å². The van der Waals surface area contributed by atoms with Crippen LogP contribution in [0.1, 0.15) is 194 Å². The second-order valence-corrected chi connectivity index (χ2v) is 14.3. The van der Waals surface area contributed by atoms with Crippen LogP contribution in [0.4, 0.5) is 0 Å². The lowest BCUT2D eigenvalue weighted by Gasteiger charge is -2.37. The molecule has 0 unspecified atom stereocenters. The molecule has 0 aliphatic carbocycles. The lowest BCUT2D eigenvalue weighted by molar-refractivity contribution is -0.245. The minimum atomic E-state index is -0.937. The molecule has 1 fully saturated rings. The summed E-state index contributed by atoms with van der Waals surface area (Å²) >= 11 is 0. The van der Waals surface area contributed by atoms with E-state index in [0.717, 1.165) is 58.0 Å². The molecule has 0 bridgehead atoms. The van der Waals surface area contributed by atoms with Gasteiger partial charge in [-0.2, -0.15) is 0 Å². The van der Waals surface area contributed by atoms with E-state index in [4.69, 9.17) is 4.74 Å². The molecule has 0 aromatic heterocycles. The molecule has 1 aliphatic rings. The molecule has 0 aromatic rings. The highest BCUT2D eigenvalue weighted by Gasteiger charge is 2.32. The Morgan fingerprint density at radius 1 is 0.565 bits per heavy atom. The van der Waals surface area contributed by atoms with E-state index in [0.29, 0.717) is 0 Å². The van der Waals surface area contributed by atoms with Crippen LogP contribution in [0.3, 0.4) is 0 Å². The average Bonchev–Trinajstić information content (AvgIpc) is 3.04. The van der Waals surface area contributed by atoms with Crippen LogP contribution in [0.25, 0.3) is 0 Å². The number of allylic oxidation sites excluding steroid dienone is 8. The third-order valence-corrected chi connectivity index (χ3v) is 9.50. The average molecular weight is 642 g/mol. The van der Waals surface area contributed by atoms with Crippen LogP contribution in [0.5, 0.6) is 0 Å². The number of hydrogen-bond donors (Lipinski definition) is 1. The van der Waals surface area contributed by atoms with Gasteiger partial charge in [-0.1, -0.05) is 140 Å². The number of rotatable bonds is 32. The summed E-state index contributed by atoms with van der Waals surface area (Å²) in [6.45, 7) is 6.63. The first-order valence-corrected chi connectivity index (χ1v) is 20.3. The molecule has 46 heavy (non-hydrogen) atoms. The monoisotopic (exact) mass is 642 g/mol. The van der Waals surface area contributed by atoms with Crippen molar-refractivity contribution in [2.24, 2.45) is 0 Å². The Morgan fingerprint density at radius 2 is 0.957 bits per heavy atom. The molecule has 1 atom stereocenters. The van der Waals surface area contributed by atoms with E-state index < -0.39 is 5.79 Å². The first-order chi connectivity index (χ1) is 22.6. The zero-order valence-corrected chi connectivity index (χ0v) is 31.2. The molecule has 268 valence electrons. The zero-order chi connectivity index (χ0) is 33.2. The van der Waals surface area contributed by atoms with E-state index in [9.17, 15) is 5.11 Å². The van der Waals surface area contributed by atoms with Gasteiger partial charge in [0.2, 0.25) is 0 Å².